The fraction of sp³-hybridized carbons (Fsp3) is 0.381. The molecule has 0 atom stereocenters. The highest BCUT2D eigenvalue weighted by Crippen LogP contribution is 2.26. The summed E-state index contributed by atoms with van der Waals surface area (Å²) >= 11 is 0. The lowest BCUT2D eigenvalue weighted by atomic mass is 10.2. The molecule has 0 aliphatic carbocycles. The molecule has 3 rings (SSSR count). The van der Waals surface area contributed by atoms with E-state index < -0.39 is 10.0 Å². The van der Waals surface area contributed by atoms with Gasteiger partial charge >= 0.3 is 0 Å². The molecule has 31 heavy (non-hydrogen) atoms. The molecule has 0 saturated carbocycles. The second-order valence-corrected chi connectivity index (χ2v) is 8.88. The minimum Gasteiger partial charge on any atom is -0.382 e. The number of benzene rings is 1. The van der Waals surface area contributed by atoms with Gasteiger partial charge in [0.1, 0.15) is 17.9 Å². The number of nitrogen functional groups attached to an aromatic ring is 1. The maximum atomic E-state index is 12.5. The van der Waals surface area contributed by atoms with Gasteiger partial charge in [-0.1, -0.05) is 6.07 Å². The van der Waals surface area contributed by atoms with E-state index in [1.54, 1.807) is 12.1 Å². The van der Waals surface area contributed by atoms with Gasteiger partial charge in [0.25, 0.3) is 0 Å². The Balaban J connectivity index is 1.79. The van der Waals surface area contributed by atoms with Crippen LogP contribution in [0.15, 0.2) is 29.2 Å². The predicted octanol–water partition coefficient (Wildman–Crippen LogP) is 2.41. The minimum absolute atomic E-state index is 0.0713. The lowest BCUT2D eigenvalue weighted by Crippen LogP contribution is -2.26. The Morgan fingerprint density at radius 3 is 2.77 bits per heavy atom. The summed E-state index contributed by atoms with van der Waals surface area (Å²) in [5.41, 5.74) is 9.72. The zero-order valence-corrected chi connectivity index (χ0v) is 18.7. The number of nitrogens with zero attached hydrogens (tertiary/aromatic N) is 4. The van der Waals surface area contributed by atoms with Crippen molar-refractivity contribution in [3.63, 3.8) is 0 Å². The van der Waals surface area contributed by atoms with Crippen LogP contribution in [-0.4, -0.2) is 36.1 Å². The lowest BCUT2D eigenvalue weighted by Gasteiger charge is -2.12. The fourth-order valence-corrected chi connectivity index (χ4v) is 4.47. The van der Waals surface area contributed by atoms with Crippen molar-refractivity contribution in [1.82, 2.24) is 19.3 Å². The van der Waals surface area contributed by atoms with Crippen LogP contribution in [0.4, 0.5) is 5.82 Å². The molecule has 0 radical (unpaired) electrons. The molecule has 0 saturated heterocycles. The van der Waals surface area contributed by atoms with Crippen molar-refractivity contribution in [1.29, 1.82) is 5.26 Å². The number of aromatic nitrogens is 3. The molecule has 164 valence electrons. The molecule has 0 spiro atoms. The van der Waals surface area contributed by atoms with Crippen molar-refractivity contribution in [3.05, 3.63) is 46.9 Å². The number of sulfonamides is 1. The smallest absolute Gasteiger partial charge is 0.240 e. The number of nitrogens with one attached hydrogen (secondary N) is 1. The molecule has 3 N–H and O–H groups in total. The third-order valence-electron chi connectivity index (χ3n) is 5.03. The number of nitrogens with two attached hydrogens (primary N) is 1. The van der Waals surface area contributed by atoms with Crippen LogP contribution >= 0.6 is 0 Å². The normalized spacial score (nSPS) is 11.7. The maximum absolute atomic E-state index is 12.5. The first-order valence-corrected chi connectivity index (χ1v) is 11.5. The molecular weight excluding hydrogens is 416 g/mol. The predicted molar refractivity (Wildman–Crippen MR) is 118 cm³/mol. The average molecular weight is 443 g/mol. The number of hydrogen-bond acceptors (Lipinski definition) is 7. The largest absolute Gasteiger partial charge is 0.382 e. The van der Waals surface area contributed by atoms with Crippen LogP contribution in [0, 0.1) is 25.2 Å². The number of nitriles is 1. The van der Waals surface area contributed by atoms with E-state index in [-0.39, 0.29) is 11.4 Å². The summed E-state index contributed by atoms with van der Waals surface area (Å²) in [6, 6.07) is 7.89. The van der Waals surface area contributed by atoms with Crippen molar-refractivity contribution >= 4 is 26.9 Å². The SMILES string of the molecule is CCOCc1nc2c(N)nc(C)c(C)c2n1CCCNS(=O)(=O)c1cccc(C#N)c1. The zero-order chi connectivity index (χ0) is 22.6. The highest BCUT2D eigenvalue weighted by Gasteiger charge is 2.18. The van der Waals surface area contributed by atoms with E-state index in [4.69, 9.17) is 15.7 Å². The first-order chi connectivity index (χ1) is 14.8. The fourth-order valence-electron chi connectivity index (χ4n) is 3.35. The van der Waals surface area contributed by atoms with Gasteiger partial charge in [0.05, 0.1) is 22.0 Å². The summed E-state index contributed by atoms with van der Waals surface area (Å²) in [5, 5.41) is 8.99. The van der Waals surface area contributed by atoms with E-state index in [0.29, 0.717) is 43.1 Å². The quantitative estimate of drug-likeness (QED) is 0.486. The van der Waals surface area contributed by atoms with Crippen LogP contribution in [0.5, 0.6) is 0 Å². The lowest BCUT2D eigenvalue weighted by molar-refractivity contribution is 0.126. The van der Waals surface area contributed by atoms with Gasteiger partial charge in [-0.2, -0.15) is 5.26 Å². The molecule has 0 fully saturated rings. The highest BCUT2D eigenvalue weighted by atomic mass is 32.2. The third kappa shape index (κ3) is 4.85. The summed E-state index contributed by atoms with van der Waals surface area (Å²) < 4.78 is 35.3. The van der Waals surface area contributed by atoms with E-state index >= 15 is 0 Å². The van der Waals surface area contributed by atoms with E-state index in [2.05, 4.69) is 14.7 Å². The number of fused-ring (bicyclic) bond motifs is 1. The van der Waals surface area contributed by atoms with Gasteiger partial charge in [0.2, 0.25) is 10.0 Å². The minimum atomic E-state index is -3.70. The van der Waals surface area contributed by atoms with E-state index in [1.165, 1.54) is 12.1 Å². The van der Waals surface area contributed by atoms with Gasteiger partial charge < -0.3 is 15.0 Å². The molecule has 3 aromatic rings. The van der Waals surface area contributed by atoms with Crippen LogP contribution in [0.25, 0.3) is 11.0 Å². The second-order valence-electron chi connectivity index (χ2n) is 7.11. The molecule has 9 nitrogen and oxygen atoms in total. The van der Waals surface area contributed by atoms with Crippen LogP contribution in [0.3, 0.4) is 0 Å². The number of rotatable bonds is 9. The van der Waals surface area contributed by atoms with Gasteiger partial charge in [-0.15, -0.1) is 0 Å². The number of ether oxygens (including phenoxy) is 1. The first kappa shape index (κ1) is 22.7. The van der Waals surface area contributed by atoms with Crippen molar-refractivity contribution in [2.45, 2.75) is 45.2 Å². The molecule has 10 heteroatoms. The van der Waals surface area contributed by atoms with Gasteiger partial charge in [0, 0.05) is 25.4 Å². The Hall–Kier alpha value is -3.00. The third-order valence-corrected chi connectivity index (χ3v) is 6.49. The molecule has 0 amide bonds. The summed E-state index contributed by atoms with van der Waals surface area (Å²) in [5.74, 6) is 1.09. The standard InChI is InChI=1S/C21H26N6O3S/c1-4-30-13-18-26-19-20(14(2)15(3)25-21(19)23)27(18)10-6-9-24-31(28,29)17-8-5-7-16(11-17)12-22/h5,7-8,11,24H,4,6,9-10,13H2,1-3H3,(H2,23,25). The Morgan fingerprint density at radius 2 is 2.06 bits per heavy atom. The first-order valence-electron chi connectivity index (χ1n) is 9.97. The monoisotopic (exact) mass is 442 g/mol. The van der Waals surface area contributed by atoms with Gasteiger partial charge in [-0.25, -0.2) is 23.1 Å². The van der Waals surface area contributed by atoms with Crippen LogP contribution in [-0.2, 0) is 27.9 Å². The summed E-state index contributed by atoms with van der Waals surface area (Å²) in [6.45, 7) is 7.42. The van der Waals surface area contributed by atoms with Crippen LogP contribution < -0.4 is 10.5 Å². The molecule has 0 aliphatic heterocycles. The number of anilines is 1. The second kappa shape index (κ2) is 9.43. The maximum Gasteiger partial charge on any atom is 0.240 e. The van der Waals surface area contributed by atoms with Gasteiger partial charge in [0.15, 0.2) is 5.82 Å². The molecule has 0 unspecified atom stereocenters. The summed E-state index contributed by atoms with van der Waals surface area (Å²) in [7, 11) is -3.70. The number of aryl methyl sites for hydroxylation is 3. The van der Waals surface area contributed by atoms with Crippen LogP contribution in [0.2, 0.25) is 0 Å². The van der Waals surface area contributed by atoms with Crippen molar-refractivity contribution in [2.75, 3.05) is 18.9 Å². The summed E-state index contributed by atoms with van der Waals surface area (Å²) in [4.78, 5) is 9.06. The van der Waals surface area contributed by atoms with Crippen molar-refractivity contribution < 1.29 is 13.2 Å². The van der Waals surface area contributed by atoms with Gasteiger partial charge in [-0.3, -0.25) is 0 Å². The molecule has 2 aromatic heterocycles. The molecule has 0 aliphatic rings. The van der Waals surface area contributed by atoms with Crippen LogP contribution in [0.1, 0.15) is 36.0 Å². The van der Waals surface area contributed by atoms with E-state index in [1.807, 2.05) is 31.4 Å². The highest BCUT2D eigenvalue weighted by molar-refractivity contribution is 7.89. The summed E-state index contributed by atoms with van der Waals surface area (Å²) in [6.07, 6.45) is 0.530. The Kier molecular flexibility index (Phi) is 6.90. The molecule has 1 aromatic carbocycles. The van der Waals surface area contributed by atoms with E-state index in [0.717, 1.165) is 22.6 Å². The average Bonchev–Trinajstić information content (AvgIpc) is 3.12. The van der Waals surface area contributed by atoms with Crippen molar-refractivity contribution in [3.8, 4) is 6.07 Å². The Bertz CT molecular complexity index is 1240. The van der Waals surface area contributed by atoms with Gasteiger partial charge in [-0.05, 0) is 51.0 Å². The number of pyridine rings is 1. The zero-order valence-electron chi connectivity index (χ0n) is 17.8. The van der Waals surface area contributed by atoms with E-state index in [9.17, 15) is 8.42 Å². The Morgan fingerprint density at radius 1 is 1.29 bits per heavy atom. The number of imidazole rings is 1. The molecule has 0 bridgehead atoms. The molecule has 2 heterocycles. The topological polar surface area (TPSA) is 136 Å². The number of hydrogen-bond donors (Lipinski definition) is 2. The Labute approximate surface area is 181 Å². The van der Waals surface area contributed by atoms with Crippen molar-refractivity contribution in [2.24, 2.45) is 0 Å². The molecular formula is C21H26N6O3S.